The Hall–Kier alpha value is -1.12. The van der Waals surface area contributed by atoms with E-state index in [1.807, 2.05) is 0 Å². The summed E-state index contributed by atoms with van der Waals surface area (Å²) in [5, 5.41) is 11.5. The minimum atomic E-state index is -1.10. The summed E-state index contributed by atoms with van der Waals surface area (Å²) in [6.45, 7) is 6.10. The number of nitrogens with zero attached hydrogens (tertiary/aromatic N) is 1. The Morgan fingerprint density at radius 3 is 2.71 bits per heavy atom. The van der Waals surface area contributed by atoms with Crippen LogP contribution in [0.15, 0.2) is 15.9 Å². The van der Waals surface area contributed by atoms with E-state index in [2.05, 4.69) is 15.9 Å². The molecule has 2 atom stereocenters. The van der Waals surface area contributed by atoms with E-state index in [0.717, 1.165) is 17.3 Å². The minimum Gasteiger partial charge on any atom is -0.479 e. The Kier molecular flexibility index (Phi) is 6.28. The van der Waals surface area contributed by atoms with Gasteiger partial charge in [0.2, 0.25) is 0 Å². The first-order chi connectivity index (χ1) is 11.2. The Labute approximate surface area is 153 Å². The van der Waals surface area contributed by atoms with E-state index in [-0.39, 0.29) is 12.6 Å². The molecule has 2 rings (SSSR count). The summed E-state index contributed by atoms with van der Waals surface area (Å²) in [5.41, 5.74) is -0.703. The summed E-state index contributed by atoms with van der Waals surface area (Å²) >= 11 is 4.62. The van der Waals surface area contributed by atoms with Gasteiger partial charge in [-0.2, -0.15) is 0 Å². The molecule has 134 valence electrons. The zero-order valence-electron chi connectivity index (χ0n) is 14.0. The maximum Gasteiger partial charge on any atom is 0.411 e. The molecule has 1 N–H and O–H groups in total. The lowest BCUT2D eigenvalue weighted by atomic mass is 10.1. The molecule has 1 saturated heterocycles. The topological polar surface area (TPSA) is 76.1 Å². The molecule has 2 unspecified atom stereocenters. The van der Waals surface area contributed by atoms with Gasteiger partial charge in [-0.05, 0) is 55.6 Å². The van der Waals surface area contributed by atoms with Crippen LogP contribution in [0.2, 0.25) is 0 Å². The van der Waals surface area contributed by atoms with Crippen LogP contribution in [0.4, 0.5) is 4.79 Å². The van der Waals surface area contributed by atoms with Crippen molar-refractivity contribution >= 4 is 39.3 Å². The summed E-state index contributed by atoms with van der Waals surface area (Å²) in [5.74, 6) is -1.09. The van der Waals surface area contributed by atoms with Crippen LogP contribution in [0.1, 0.15) is 44.5 Å². The molecule has 6 nitrogen and oxygen atoms in total. The van der Waals surface area contributed by atoms with Gasteiger partial charge < -0.3 is 14.6 Å². The maximum atomic E-state index is 12.7. The first-order valence-corrected chi connectivity index (χ1v) is 9.42. The second-order valence-electron chi connectivity index (χ2n) is 6.68. The van der Waals surface area contributed by atoms with Crippen LogP contribution >= 0.6 is 27.3 Å². The second kappa shape index (κ2) is 7.84. The fourth-order valence-electron chi connectivity index (χ4n) is 2.49. The van der Waals surface area contributed by atoms with E-state index >= 15 is 0 Å². The highest BCUT2D eigenvalue weighted by atomic mass is 79.9. The van der Waals surface area contributed by atoms with Crippen LogP contribution in [0.25, 0.3) is 0 Å². The van der Waals surface area contributed by atoms with E-state index in [9.17, 15) is 14.7 Å². The summed E-state index contributed by atoms with van der Waals surface area (Å²) in [6, 6.07) is 0.622. The van der Waals surface area contributed by atoms with Crippen LogP contribution in [0.3, 0.4) is 0 Å². The van der Waals surface area contributed by atoms with Crippen molar-refractivity contribution in [2.45, 2.75) is 51.4 Å². The molecule has 1 amide bonds. The molecule has 0 aliphatic carbocycles. The SMILES string of the molecule is CC(C)(C)OC(=O)N(CC1CCCO1)C(C(=O)O)c1cc(Br)cs1. The summed E-state index contributed by atoms with van der Waals surface area (Å²) in [7, 11) is 0. The molecule has 1 aromatic heterocycles. The van der Waals surface area contributed by atoms with Gasteiger partial charge in [-0.3, -0.25) is 4.90 Å². The molecule has 2 heterocycles. The smallest absolute Gasteiger partial charge is 0.411 e. The van der Waals surface area contributed by atoms with Gasteiger partial charge >= 0.3 is 12.1 Å². The molecule has 1 fully saturated rings. The highest BCUT2D eigenvalue weighted by molar-refractivity contribution is 9.10. The molecular weight excluding hydrogens is 398 g/mol. The van der Waals surface area contributed by atoms with Crippen molar-refractivity contribution in [2.75, 3.05) is 13.2 Å². The first kappa shape index (κ1) is 19.2. The van der Waals surface area contributed by atoms with Crippen molar-refractivity contribution in [3.05, 3.63) is 20.8 Å². The molecule has 1 aromatic rings. The van der Waals surface area contributed by atoms with Crippen molar-refractivity contribution in [3.8, 4) is 0 Å². The fourth-order valence-corrected chi connectivity index (χ4v) is 4.04. The van der Waals surface area contributed by atoms with Crippen molar-refractivity contribution < 1.29 is 24.2 Å². The number of carbonyl (C=O) groups excluding carboxylic acids is 1. The predicted molar refractivity (Wildman–Crippen MR) is 94.3 cm³/mol. The molecule has 1 aliphatic rings. The Morgan fingerprint density at radius 1 is 1.54 bits per heavy atom. The standard InChI is InChI=1S/C16H22BrNO5S/c1-16(2,3)23-15(21)18(8-11-5-4-6-22-11)13(14(19)20)12-7-10(17)9-24-12/h7,9,11,13H,4-6,8H2,1-3H3,(H,19,20). The van der Waals surface area contributed by atoms with E-state index in [1.54, 1.807) is 32.2 Å². The highest BCUT2D eigenvalue weighted by Gasteiger charge is 2.37. The zero-order valence-corrected chi connectivity index (χ0v) is 16.4. The number of rotatable bonds is 5. The average Bonchev–Trinajstić information content (AvgIpc) is 3.07. The quantitative estimate of drug-likeness (QED) is 0.778. The first-order valence-electron chi connectivity index (χ1n) is 7.75. The molecular formula is C16H22BrNO5S. The molecule has 8 heteroatoms. The number of hydrogen-bond donors (Lipinski definition) is 1. The average molecular weight is 420 g/mol. The van der Waals surface area contributed by atoms with Gasteiger partial charge in [-0.15, -0.1) is 11.3 Å². The number of carbonyl (C=O) groups is 2. The van der Waals surface area contributed by atoms with Gasteiger partial charge in [0, 0.05) is 21.3 Å². The summed E-state index contributed by atoms with van der Waals surface area (Å²) < 4.78 is 11.8. The van der Waals surface area contributed by atoms with Crippen molar-refractivity contribution in [2.24, 2.45) is 0 Å². The van der Waals surface area contributed by atoms with Gasteiger partial charge in [-0.1, -0.05) is 0 Å². The molecule has 0 spiro atoms. The van der Waals surface area contributed by atoms with E-state index in [0.29, 0.717) is 11.5 Å². The third-order valence-electron chi connectivity index (χ3n) is 3.46. The summed E-state index contributed by atoms with van der Waals surface area (Å²) in [6.07, 6.45) is 0.909. The van der Waals surface area contributed by atoms with Crippen molar-refractivity contribution in [3.63, 3.8) is 0 Å². The Morgan fingerprint density at radius 2 is 2.25 bits per heavy atom. The van der Waals surface area contributed by atoms with Gasteiger partial charge in [-0.25, -0.2) is 9.59 Å². The Balaban J connectivity index is 2.29. The number of carboxylic acids is 1. The molecule has 0 saturated carbocycles. The molecule has 0 radical (unpaired) electrons. The monoisotopic (exact) mass is 419 g/mol. The number of hydrogen-bond acceptors (Lipinski definition) is 5. The van der Waals surface area contributed by atoms with Gasteiger partial charge in [0.15, 0.2) is 6.04 Å². The predicted octanol–water partition coefficient (Wildman–Crippen LogP) is 4.05. The van der Waals surface area contributed by atoms with Crippen molar-refractivity contribution in [1.29, 1.82) is 0 Å². The normalized spacial score (nSPS) is 19.1. The van der Waals surface area contributed by atoms with Crippen LogP contribution in [-0.4, -0.2) is 46.9 Å². The van der Waals surface area contributed by atoms with Gasteiger partial charge in [0.25, 0.3) is 0 Å². The minimum absolute atomic E-state index is 0.164. The molecule has 24 heavy (non-hydrogen) atoms. The molecule has 1 aliphatic heterocycles. The van der Waals surface area contributed by atoms with Crippen LogP contribution in [-0.2, 0) is 14.3 Å². The summed E-state index contributed by atoms with van der Waals surface area (Å²) in [4.78, 5) is 26.4. The third kappa shape index (κ3) is 5.19. The third-order valence-corrected chi connectivity index (χ3v) is 5.20. The fraction of sp³-hybridized carbons (Fsp3) is 0.625. The second-order valence-corrected chi connectivity index (χ2v) is 8.53. The molecule has 0 bridgehead atoms. The number of ether oxygens (including phenoxy) is 2. The van der Waals surface area contributed by atoms with E-state index in [4.69, 9.17) is 9.47 Å². The lowest BCUT2D eigenvalue weighted by molar-refractivity contribution is -0.143. The zero-order chi connectivity index (χ0) is 17.9. The number of thiophene rings is 1. The van der Waals surface area contributed by atoms with Gasteiger partial charge in [0.1, 0.15) is 5.60 Å². The van der Waals surface area contributed by atoms with E-state index in [1.165, 1.54) is 16.2 Å². The van der Waals surface area contributed by atoms with Crippen LogP contribution in [0, 0.1) is 0 Å². The van der Waals surface area contributed by atoms with Gasteiger partial charge in [0.05, 0.1) is 12.6 Å². The lowest BCUT2D eigenvalue weighted by Crippen LogP contribution is -2.45. The van der Waals surface area contributed by atoms with Crippen LogP contribution in [0.5, 0.6) is 0 Å². The number of carboxylic acid groups (broad SMARTS) is 1. The van der Waals surface area contributed by atoms with Crippen molar-refractivity contribution in [1.82, 2.24) is 4.90 Å². The Bertz CT molecular complexity index is 592. The number of halogens is 1. The number of amides is 1. The number of aliphatic carboxylic acids is 1. The molecule has 0 aromatic carbocycles. The van der Waals surface area contributed by atoms with E-state index < -0.39 is 23.7 Å². The lowest BCUT2D eigenvalue weighted by Gasteiger charge is -2.32. The van der Waals surface area contributed by atoms with Crippen LogP contribution < -0.4 is 0 Å². The maximum absolute atomic E-state index is 12.7. The largest absolute Gasteiger partial charge is 0.479 e. The highest BCUT2D eigenvalue weighted by Crippen LogP contribution is 2.32.